The topological polar surface area (TPSA) is 96.1 Å². The van der Waals surface area contributed by atoms with E-state index < -0.39 is 0 Å². The highest BCUT2D eigenvalue weighted by molar-refractivity contribution is 9.10. The van der Waals surface area contributed by atoms with Crippen LogP contribution in [0.2, 0.25) is 0 Å². The Bertz CT molecular complexity index is 395. The number of anilines is 2. The Morgan fingerprint density at radius 1 is 1.28 bits per heavy atom. The van der Waals surface area contributed by atoms with Gasteiger partial charge in [-0.1, -0.05) is 0 Å². The average Bonchev–Trinajstić information content (AvgIpc) is 2.39. The Morgan fingerprint density at radius 2 is 1.94 bits per heavy atom. The Morgan fingerprint density at radius 3 is 2.61 bits per heavy atom. The summed E-state index contributed by atoms with van der Waals surface area (Å²) in [6.07, 6.45) is 5.25. The third kappa shape index (κ3) is 3.30. The number of hydrazine groups is 1. The van der Waals surface area contributed by atoms with Crippen molar-refractivity contribution in [1.29, 1.82) is 0 Å². The predicted molar refractivity (Wildman–Crippen MR) is 74.0 cm³/mol. The number of hydrogen-bond acceptors (Lipinski definition) is 6. The number of nitrogen functional groups attached to an aromatic ring is 1. The Hall–Kier alpha value is -0.920. The lowest BCUT2D eigenvalue weighted by Crippen LogP contribution is -2.24. The monoisotopic (exact) mass is 315 g/mol. The number of rotatable bonds is 4. The standard InChI is InChI=1S/C11H18BrN5O/c12-9-10(15-6-16-11(9)17-13)14-5-7-1-3-8(18)4-2-7/h6-8,18H,1-5,13H2,(H2,14,15,16,17). The van der Waals surface area contributed by atoms with E-state index in [-0.39, 0.29) is 6.10 Å². The molecule has 0 bridgehead atoms. The number of halogens is 1. The number of aliphatic hydroxyl groups excluding tert-OH is 1. The van der Waals surface area contributed by atoms with Crippen LogP contribution in [0.15, 0.2) is 10.8 Å². The highest BCUT2D eigenvalue weighted by Crippen LogP contribution is 2.28. The van der Waals surface area contributed by atoms with E-state index in [0.717, 1.165) is 42.5 Å². The second kappa shape index (κ2) is 6.31. The summed E-state index contributed by atoms with van der Waals surface area (Å²) in [7, 11) is 0. The fraction of sp³-hybridized carbons (Fsp3) is 0.636. The largest absolute Gasteiger partial charge is 0.393 e. The molecule has 1 fully saturated rings. The van der Waals surface area contributed by atoms with Gasteiger partial charge in [0.05, 0.1) is 6.10 Å². The van der Waals surface area contributed by atoms with Crippen molar-refractivity contribution in [2.75, 3.05) is 17.3 Å². The summed E-state index contributed by atoms with van der Waals surface area (Å²) in [4.78, 5) is 8.17. The third-order valence-corrected chi connectivity index (χ3v) is 4.05. The van der Waals surface area contributed by atoms with Crippen molar-refractivity contribution in [3.63, 3.8) is 0 Å². The lowest BCUT2D eigenvalue weighted by molar-refractivity contribution is 0.111. The first-order valence-corrected chi connectivity index (χ1v) is 6.89. The van der Waals surface area contributed by atoms with Crippen LogP contribution in [-0.4, -0.2) is 27.7 Å². The van der Waals surface area contributed by atoms with Gasteiger partial charge in [0.1, 0.15) is 16.6 Å². The van der Waals surface area contributed by atoms with Crippen molar-refractivity contribution in [3.05, 3.63) is 10.8 Å². The second-order valence-corrected chi connectivity index (χ2v) is 5.38. The van der Waals surface area contributed by atoms with Crippen LogP contribution in [0.5, 0.6) is 0 Å². The normalized spacial score (nSPS) is 23.7. The number of nitrogens with one attached hydrogen (secondary N) is 2. The van der Waals surface area contributed by atoms with Crippen LogP contribution >= 0.6 is 15.9 Å². The number of nitrogens with zero attached hydrogens (tertiary/aromatic N) is 2. The first kappa shape index (κ1) is 13.5. The summed E-state index contributed by atoms with van der Waals surface area (Å²) in [5.74, 6) is 7.24. The summed E-state index contributed by atoms with van der Waals surface area (Å²) < 4.78 is 0.739. The summed E-state index contributed by atoms with van der Waals surface area (Å²) in [6.45, 7) is 0.854. The van der Waals surface area contributed by atoms with Gasteiger partial charge in [0.15, 0.2) is 5.82 Å². The zero-order chi connectivity index (χ0) is 13.0. The van der Waals surface area contributed by atoms with E-state index in [1.165, 1.54) is 6.33 Å². The molecule has 0 radical (unpaired) electrons. The van der Waals surface area contributed by atoms with Gasteiger partial charge in [-0.05, 0) is 47.5 Å². The molecule has 1 saturated carbocycles. The molecule has 0 amide bonds. The van der Waals surface area contributed by atoms with E-state index in [9.17, 15) is 5.11 Å². The van der Waals surface area contributed by atoms with Gasteiger partial charge in [-0.15, -0.1) is 0 Å². The Kier molecular flexibility index (Phi) is 4.73. The first-order valence-electron chi connectivity index (χ1n) is 6.09. The number of nitrogens with two attached hydrogens (primary N) is 1. The summed E-state index contributed by atoms with van der Waals surface area (Å²) >= 11 is 3.41. The molecule has 0 unspecified atom stereocenters. The molecule has 1 aliphatic carbocycles. The van der Waals surface area contributed by atoms with Gasteiger partial charge in [0.25, 0.3) is 0 Å². The van der Waals surface area contributed by atoms with Crippen molar-refractivity contribution in [1.82, 2.24) is 9.97 Å². The average molecular weight is 316 g/mol. The molecule has 5 N–H and O–H groups in total. The molecule has 0 atom stereocenters. The molecule has 0 spiro atoms. The molecule has 0 aromatic carbocycles. The van der Waals surface area contributed by atoms with Gasteiger partial charge in [-0.2, -0.15) is 0 Å². The Labute approximate surface area is 114 Å². The maximum Gasteiger partial charge on any atom is 0.159 e. The van der Waals surface area contributed by atoms with E-state index >= 15 is 0 Å². The molecule has 1 heterocycles. The van der Waals surface area contributed by atoms with Crippen molar-refractivity contribution >= 4 is 27.6 Å². The highest BCUT2D eigenvalue weighted by Gasteiger charge is 2.19. The van der Waals surface area contributed by atoms with Crippen molar-refractivity contribution in [2.45, 2.75) is 31.8 Å². The highest BCUT2D eigenvalue weighted by atomic mass is 79.9. The number of aliphatic hydroxyl groups is 1. The molecule has 0 aliphatic heterocycles. The van der Waals surface area contributed by atoms with Crippen LogP contribution in [-0.2, 0) is 0 Å². The second-order valence-electron chi connectivity index (χ2n) is 4.58. The van der Waals surface area contributed by atoms with Crippen LogP contribution < -0.4 is 16.6 Å². The summed E-state index contributed by atoms with van der Waals surface area (Å²) in [6, 6.07) is 0. The molecule has 6 nitrogen and oxygen atoms in total. The van der Waals surface area contributed by atoms with Gasteiger partial charge in [-0.3, -0.25) is 0 Å². The maximum atomic E-state index is 9.45. The molecule has 2 rings (SSSR count). The maximum absolute atomic E-state index is 9.45. The van der Waals surface area contributed by atoms with Gasteiger partial charge in [-0.25, -0.2) is 15.8 Å². The summed E-state index contributed by atoms with van der Waals surface area (Å²) in [5.41, 5.74) is 2.51. The number of aromatic nitrogens is 2. The fourth-order valence-corrected chi connectivity index (χ4v) is 2.64. The van der Waals surface area contributed by atoms with Crippen LogP contribution in [0.1, 0.15) is 25.7 Å². The Balaban J connectivity index is 1.90. The van der Waals surface area contributed by atoms with E-state index in [2.05, 4.69) is 36.6 Å². The zero-order valence-electron chi connectivity index (χ0n) is 10.1. The molecule has 1 aromatic heterocycles. The number of hydrogen-bond donors (Lipinski definition) is 4. The summed E-state index contributed by atoms with van der Waals surface area (Å²) in [5, 5.41) is 12.8. The fourth-order valence-electron chi connectivity index (χ4n) is 2.18. The van der Waals surface area contributed by atoms with E-state index in [0.29, 0.717) is 11.7 Å². The third-order valence-electron chi connectivity index (χ3n) is 3.30. The lowest BCUT2D eigenvalue weighted by Gasteiger charge is -2.25. The molecular weight excluding hydrogens is 298 g/mol. The van der Waals surface area contributed by atoms with E-state index in [4.69, 9.17) is 5.84 Å². The van der Waals surface area contributed by atoms with Gasteiger partial charge >= 0.3 is 0 Å². The molecular formula is C11H18BrN5O. The van der Waals surface area contributed by atoms with Gasteiger partial charge in [0, 0.05) is 6.54 Å². The lowest BCUT2D eigenvalue weighted by atomic mass is 9.87. The minimum absolute atomic E-state index is 0.111. The van der Waals surface area contributed by atoms with E-state index in [1.807, 2.05) is 0 Å². The molecule has 7 heteroatoms. The first-order chi connectivity index (χ1) is 8.70. The SMILES string of the molecule is NNc1ncnc(NCC2CCC(O)CC2)c1Br. The minimum Gasteiger partial charge on any atom is -0.393 e. The van der Waals surface area contributed by atoms with Crippen LogP contribution in [0.3, 0.4) is 0 Å². The van der Waals surface area contributed by atoms with E-state index in [1.54, 1.807) is 0 Å². The minimum atomic E-state index is -0.111. The smallest absolute Gasteiger partial charge is 0.159 e. The van der Waals surface area contributed by atoms with Crippen molar-refractivity contribution in [2.24, 2.45) is 11.8 Å². The van der Waals surface area contributed by atoms with Crippen LogP contribution in [0.4, 0.5) is 11.6 Å². The zero-order valence-corrected chi connectivity index (χ0v) is 11.7. The predicted octanol–water partition coefficient (Wildman–Crippen LogP) is 1.49. The molecule has 18 heavy (non-hydrogen) atoms. The van der Waals surface area contributed by atoms with Crippen molar-refractivity contribution in [3.8, 4) is 0 Å². The molecule has 100 valence electrons. The van der Waals surface area contributed by atoms with Crippen molar-refractivity contribution < 1.29 is 5.11 Å². The van der Waals surface area contributed by atoms with Crippen LogP contribution in [0.25, 0.3) is 0 Å². The molecule has 1 aliphatic rings. The molecule has 0 saturated heterocycles. The molecule has 1 aromatic rings. The quantitative estimate of drug-likeness (QED) is 0.496. The van der Waals surface area contributed by atoms with Gasteiger partial charge < -0.3 is 15.8 Å². The van der Waals surface area contributed by atoms with Crippen LogP contribution in [0, 0.1) is 5.92 Å². The van der Waals surface area contributed by atoms with Gasteiger partial charge in [0.2, 0.25) is 0 Å².